The van der Waals surface area contributed by atoms with E-state index in [0.29, 0.717) is 0 Å². The maximum atomic E-state index is 14.5. The molecule has 3 aromatic rings. The van der Waals surface area contributed by atoms with E-state index in [1.807, 2.05) is 6.07 Å². The van der Waals surface area contributed by atoms with Crippen molar-refractivity contribution < 1.29 is 17.6 Å². The van der Waals surface area contributed by atoms with Gasteiger partial charge in [-0.05, 0) is 38.1 Å². The van der Waals surface area contributed by atoms with Crippen LogP contribution in [0.25, 0.3) is 10.9 Å². The van der Waals surface area contributed by atoms with Gasteiger partial charge in [-0.15, -0.1) is 0 Å². The van der Waals surface area contributed by atoms with Crippen LogP contribution in [0.15, 0.2) is 30.5 Å². The van der Waals surface area contributed by atoms with E-state index in [2.05, 4.69) is 21.8 Å². The Labute approximate surface area is 193 Å². The van der Waals surface area contributed by atoms with Crippen molar-refractivity contribution in [3.8, 4) is 17.9 Å². The van der Waals surface area contributed by atoms with E-state index in [9.17, 15) is 17.6 Å². The molecule has 0 bridgehead atoms. The number of nitriles is 1. The lowest BCUT2D eigenvalue weighted by Crippen LogP contribution is -2.29. The molecule has 2 heterocycles. The summed E-state index contributed by atoms with van der Waals surface area (Å²) < 4.78 is 55.8. The van der Waals surface area contributed by atoms with Gasteiger partial charge in [0.15, 0.2) is 5.82 Å². The van der Waals surface area contributed by atoms with Crippen LogP contribution in [0.4, 0.5) is 40.6 Å². The van der Waals surface area contributed by atoms with Crippen molar-refractivity contribution >= 4 is 33.9 Å². The number of nitrogens with zero attached hydrogens (tertiary/aromatic N) is 5. The molecule has 0 radical (unpaired) electrons. The maximum Gasteiger partial charge on any atom is 0.256 e. The van der Waals surface area contributed by atoms with Crippen LogP contribution < -0.4 is 21.5 Å². The molecule has 0 atom stereocenters. The van der Waals surface area contributed by atoms with Gasteiger partial charge < -0.3 is 15.6 Å². The Bertz CT molecular complexity index is 1340. The number of rotatable bonds is 5. The minimum absolute atomic E-state index is 0.0225. The highest BCUT2D eigenvalue weighted by Gasteiger charge is 2.24. The molecule has 0 fully saturated rings. The second-order valence-corrected chi connectivity index (χ2v) is 8.02. The molecule has 0 saturated heterocycles. The molecule has 0 saturated carbocycles. The quantitative estimate of drug-likeness (QED) is 0.250. The highest BCUT2D eigenvalue weighted by molar-refractivity contribution is 6.02. The highest BCUT2D eigenvalue weighted by atomic mass is 19.3. The van der Waals surface area contributed by atoms with Crippen LogP contribution in [-0.2, 0) is 0 Å². The Hall–Kier alpha value is -4.09. The van der Waals surface area contributed by atoms with Crippen molar-refractivity contribution in [3.63, 3.8) is 0 Å². The first-order valence-corrected chi connectivity index (χ1v) is 9.95. The molecule has 0 unspecified atom stereocenters. The monoisotopic (exact) mass is 471 g/mol. The fraction of sp³-hybridized carbons (Fsp3) is 0.261. The normalized spacial score (nSPS) is 11.2. The summed E-state index contributed by atoms with van der Waals surface area (Å²) in [5, 5.41) is 10.3. The molecule has 34 heavy (non-hydrogen) atoms. The van der Waals surface area contributed by atoms with E-state index in [0.717, 1.165) is 34.3 Å². The number of anilines is 4. The van der Waals surface area contributed by atoms with E-state index < -0.39 is 30.0 Å². The maximum absolute atomic E-state index is 14.5. The van der Waals surface area contributed by atoms with Crippen LogP contribution in [-0.4, -0.2) is 30.0 Å². The lowest BCUT2D eigenvalue weighted by atomic mass is 9.96. The molecule has 2 aromatic heterocycles. The van der Waals surface area contributed by atoms with Crippen LogP contribution in [0.2, 0.25) is 0 Å². The summed E-state index contributed by atoms with van der Waals surface area (Å²) >= 11 is 0. The van der Waals surface area contributed by atoms with Gasteiger partial charge in [0.2, 0.25) is 0 Å². The summed E-state index contributed by atoms with van der Waals surface area (Å²) in [6.07, 6.45) is -1.94. The lowest BCUT2D eigenvalue weighted by Gasteiger charge is -2.27. The number of aromatic nitrogens is 2. The van der Waals surface area contributed by atoms with Crippen LogP contribution in [0, 0.1) is 40.2 Å². The standard InChI is InChI=1S/C23H21F4N7/c1-23(2,12-28)5-4-13-6-14(24)8-16(7-13)34(11-18(26)27)22-17-9-15(25)10-31-19(17)20(33(3)30)21(29)32-22/h6-10,18H,11,30H2,1-3H3,(H2,29,32). The molecular formula is C23H21F4N7. The second kappa shape index (κ2) is 9.41. The zero-order chi connectivity index (χ0) is 25.2. The van der Waals surface area contributed by atoms with Gasteiger partial charge in [-0.1, -0.05) is 11.8 Å². The van der Waals surface area contributed by atoms with Gasteiger partial charge in [0.1, 0.15) is 34.1 Å². The van der Waals surface area contributed by atoms with Crippen LogP contribution in [0.3, 0.4) is 0 Å². The Kier molecular flexibility index (Phi) is 6.80. The SMILES string of the molecule is CN(N)c1c(N)nc(N(CC(F)F)c2cc(F)cc(C#CC(C)(C)C#N)c2)c2cc(F)cnc12. The van der Waals surface area contributed by atoms with Gasteiger partial charge in [0.25, 0.3) is 6.43 Å². The third-order valence-electron chi connectivity index (χ3n) is 4.71. The smallest absolute Gasteiger partial charge is 0.256 e. The number of nitrogens with two attached hydrogens (primary N) is 2. The van der Waals surface area contributed by atoms with Crippen molar-refractivity contribution in [1.29, 1.82) is 5.26 Å². The predicted octanol–water partition coefficient (Wildman–Crippen LogP) is 4.10. The first-order valence-electron chi connectivity index (χ1n) is 9.95. The van der Waals surface area contributed by atoms with Crippen molar-refractivity contribution in [3.05, 3.63) is 47.7 Å². The number of halogens is 4. The van der Waals surface area contributed by atoms with Gasteiger partial charge in [0, 0.05) is 23.7 Å². The summed E-state index contributed by atoms with van der Waals surface area (Å²) in [6.45, 7) is 2.26. The number of alkyl halides is 2. The topological polar surface area (TPSA) is 108 Å². The fourth-order valence-corrected chi connectivity index (χ4v) is 3.21. The first-order chi connectivity index (χ1) is 15.9. The summed E-state index contributed by atoms with van der Waals surface area (Å²) in [6, 6.07) is 6.56. The van der Waals surface area contributed by atoms with Crippen molar-refractivity contribution in [2.24, 2.45) is 11.3 Å². The summed E-state index contributed by atoms with van der Waals surface area (Å²) in [5.74, 6) is 9.41. The van der Waals surface area contributed by atoms with E-state index >= 15 is 0 Å². The molecule has 1 aromatic carbocycles. The largest absolute Gasteiger partial charge is 0.382 e. The molecule has 4 N–H and O–H groups in total. The number of hydrogen-bond acceptors (Lipinski definition) is 7. The minimum Gasteiger partial charge on any atom is -0.382 e. The highest BCUT2D eigenvalue weighted by Crippen LogP contribution is 2.38. The van der Waals surface area contributed by atoms with Crippen LogP contribution >= 0.6 is 0 Å². The summed E-state index contributed by atoms with van der Waals surface area (Å²) in [7, 11) is 1.47. The first kappa shape index (κ1) is 24.6. The Morgan fingerprint density at radius 1 is 1.15 bits per heavy atom. The predicted molar refractivity (Wildman–Crippen MR) is 122 cm³/mol. The fourth-order valence-electron chi connectivity index (χ4n) is 3.21. The number of hydrogen-bond donors (Lipinski definition) is 2. The average molecular weight is 471 g/mol. The number of pyridine rings is 2. The second-order valence-electron chi connectivity index (χ2n) is 8.02. The average Bonchev–Trinajstić information content (AvgIpc) is 2.75. The summed E-state index contributed by atoms with van der Waals surface area (Å²) in [5.41, 5.74) is 5.45. The van der Waals surface area contributed by atoms with E-state index in [1.165, 1.54) is 13.1 Å². The third kappa shape index (κ3) is 5.27. The van der Waals surface area contributed by atoms with E-state index in [4.69, 9.17) is 16.8 Å². The zero-order valence-corrected chi connectivity index (χ0v) is 18.6. The van der Waals surface area contributed by atoms with E-state index in [-0.39, 0.29) is 39.5 Å². The van der Waals surface area contributed by atoms with Crippen LogP contribution in [0.5, 0.6) is 0 Å². The molecule has 176 valence electrons. The number of fused-ring (bicyclic) bond motifs is 1. The number of hydrazine groups is 1. The molecule has 0 aliphatic rings. The third-order valence-corrected chi connectivity index (χ3v) is 4.71. The zero-order valence-electron chi connectivity index (χ0n) is 18.6. The number of benzene rings is 1. The van der Waals surface area contributed by atoms with Crippen LogP contribution in [0.1, 0.15) is 19.4 Å². The van der Waals surface area contributed by atoms with Gasteiger partial charge in [-0.3, -0.25) is 4.98 Å². The Balaban J connectivity index is 2.28. The van der Waals surface area contributed by atoms with Gasteiger partial charge in [-0.25, -0.2) is 28.4 Å². The molecule has 0 aliphatic carbocycles. The Morgan fingerprint density at radius 3 is 2.47 bits per heavy atom. The van der Waals surface area contributed by atoms with Gasteiger partial charge >= 0.3 is 0 Å². The van der Waals surface area contributed by atoms with E-state index in [1.54, 1.807) is 13.8 Å². The molecule has 0 spiro atoms. The number of nitrogen functional groups attached to an aromatic ring is 1. The lowest BCUT2D eigenvalue weighted by molar-refractivity contribution is 0.158. The van der Waals surface area contributed by atoms with Gasteiger partial charge in [-0.2, -0.15) is 5.26 Å². The molecule has 0 aliphatic heterocycles. The minimum atomic E-state index is -2.87. The molecule has 7 nitrogen and oxygen atoms in total. The Morgan fingerprint density at radius 2 is 1.85 bits per heavy atom. The van der Waals surface area contributed by atoms with Gasteiger partial charge in [0.05, 0.1) is 18.8 Å². The van der Waals surface area contributed by atoms with Crippen molar-refractivity contribution in [2.45, 2.75) is 20.3 Å². The molecule has 3 rings (SSSR count). The molecule has 0 amide bonds. The van der Waals surface area contributed by atoms with Crippen molar-refractivity contribution in [1.82, 2.24) is 9.97 Å². The molecular weight excluding hydrogens is 450 g/mol. The van der Waals surface area contributed by atoms with Crippen molar-refractivity contribution in [2.75, 3.05) is 29.2 Å². The summed E-state index contributed by atoms with van der Waals surface area (Å²) in [4.78, 5) is 9.22. The molecule has 11 heteroatoms.